The van der Waals surface area contributed by atoms with Crippen molar-refractivity contribution in [2.75, 3.05) is 23.3 Å². The Morgan fingerprint density at radius 1 is 0.971 bits per heavy atom. The SMILES string of the molecule is NC(=O)C1CCN(c2ccccc2NC(=O)c2oc3ccccc3c2CSC2CCCCC2)CC1. The zero-order valence-electron chi connectivity index (χ0n) is 20.0. The number of nitrogens with one attached hydrogen (secondary N) is 1. The highest BCUT2D eigenvalue weighted by molar-refractivity contribution is 7.99. The largest absolute Gasteiger partial charge is 0.451 e. The number of hydrogen-bond acceptors (Lipinski definition) is 5. The normalized spacial score (nSPS) is 17.5. The fourth-order valence-corrected chi connectivity index (χ4v) is 6.65. The summed E-state index contributed by atoms with van der Waals surface area (Å²) in [6, 6.07) is 15.7. The lowest BCUT2D eigenvalue weighted by Gasteiger charge is -2.33. The molecule has 2 heterocycles. The fraction of sp³-hybridized carbons (Fsp3) is 0.429. The molecule has 1 saturated heterocycles. The maximum atomic E-state index is 13.5. The molecule has 0 spiro atoms. The van der Waals surface area contributed by atoms with E-state index in [-0.39, 0.29) is 17.7 Å². The van der Waals surface area contributed by atoms with Crippen LogP contribution in [0.3, 0.4) is 0 Å². The van der Waals surface area contributed by atoms with Gasteiger partial charge in [0.15, 0.2) is 5.76 Å². The number of piperidine rings is 1. The molecule has 0 radical (unpaired) electrons. The molecule has 2 aliphatic rings. The number of thioether (sulfide) groups is 1. The number of furan rings is 1. The molecule has 0 atom stereocenters. The van der Waals surface area contributed by atoms with Crippen molar-refractivity contribution < 1.29 is 14.0 Å². The summed E-state index contributed by atoms with van der Waals surface area (Å²) >= 11 is 1.95. The van der Waals surface area contributed by atoms with Gasteiger partial charge in [-0.05, 0) is 43.9 Å². The maximum absolute atomic E-state index is 13.5. The molecule has 2 amide bonds. The van der Waals surface area contributed by atoms with Crippen molar-refractivity contribution in [3.8, 4) is 0 Å². The van der Waals surface area contributed by atoms with E-state index in [1.165, 1.54) is 32.1 Å². The van der Waals surface area contributed by atoms with Crippen LogP contribution in [0.2, 0.25) is 0 Å². The Morgan fingerprint density at radius 3 is 2.46 bits per heavy atom. The van der Waals surface area contributed by atoms with Crippen molar-refractivity contribution in [3.05, 3.63) is 59.9 Å². The van der Waals surface area contributed by atoms with E-state index < -0.39 is 0 Å². The summed E-state index contributed by atoms with van der Waals surface area (Å²) in [5.74, 6) is 0.645. The first-order valence-corrected chi connectivity index (χ1v) is 13.7. The first kappa shape index (κ1) is 23.8. The molecule has 1 aromatic heterocycles. The summed E-state index contributed by atoms with van der Waals surface area (Å²) in [6.07, 6.45) is 7.88. The summed E-state index contributed by atoms with van der Waals surface area (Å²) in [5, 5.41) is 4.79. The number of carbonyl (C=O) groups is 2. The predicted molar refractivity (Wildman–Crippen MR) is 143 cm³/mol. The highest BCUT2D eigenvalue weighted by Gasteiger charge is 2.26. The molecule has 184 valence electrons. The number of amides is 2. The third-order valence-corrected chi connectivity index (χ3v) is 8.71. The molecule has 0 bridgehead atoms. The van der Waals surface area contributed by atoms with Gasteiger partial charge in [0.1, 0.15) is 5.58 Å². The maximum Gasteiger partial charge on any atom is 0.291 e. The standard InChI is InChI=1S/C28H33N3O3S/c29-27(32)19-14-16-31(17-15-19)24-12-6-5-11-23(24)30-28(33)26-22(18-35-20-8-2-1-3-9-20)21-10-4-7-13-25(21)34-26/h4-7,10-13,19-20H,1-3,8-9,14-18H2,(H2,29,32)(H,30,33). The second-order valence-corrected chi connectivity index (χ2v) is 10.9. The minimum Gasteiger partial charge on any atom is -0.451 e. The van der Waals surface area contributed by atoms with Crippen LogP contribution in [-0.4, -0.2) is 30.2 Å². The number of primary amides is 1. The van der Waals surface area contributed by atoms with Crippen LogP contribution in [0, 0.1) is 5.92 Å². The van der Waals surface area contributed by atoms with Crippen LogP contribution in [0.1, 0.15) is 61.1 Å². The highest BCUT2D eigenvalue weighted by Crippen LogP contribution is 2.36. The number of carbonyl (C=O) groups excluding carboxylic acids is 2. The van der Waals surface area contributed by atoms with E-state index >= 15 is 0 Å². The predicted octanol–water partition coefficient (Wildman–Crippen LogP) is 5.95. The molecular weight excluding hydrogens is 458 g/mol. The van der Waals surface area contributed by atoms with E-state index in [4.69, 9.17) is 10.2 Å². The van der Waals surface area contributed by atoms with Crippen molar-refractivity contribution in [1.82, 2.24) is 0 Å². The molecular formula is C28H33N3O3S. The number of fused-ring (bicyclic) bond motifs is 1. The zero-order chi connectivity index (χ0) is 24.2. The van der Waals surface area contributed by atoms with Gasteiger partial charge >= 0.3 is 0 Å². The van der Waals surface area contributed by atoms with Gasteiger partial charge in [-0.2, -0.15) is 11.8 Å². The van der Waals surface area contributed by atoms with E-state index in [2.05, 4.69) is 10.2 Å². The minimum atomic E-state index is -0.227. The van der Waals surface area contributed by atoms with Gasteiger partial charge in [0, 0.05) is 41.0 Å². The topological polar surface area (TPSA) is 88.6 Å². The number of benzene rings is 2. The van der Waals surface area contributed by atoms with Gasteiger partial charge in [0.2, 0.25) is 5.91 Å². The van der Waals surface area contributed by atoms with Crippen LogP contribution in [0.25, 0.3) is 11.0 Å². The monoisotopic (exact) mass is 491 g/mol. The molecule has 2 fully saturated rings. The summed E-state index contributed by atoms with van der Waals surface area (Å²) in [7, 11) is 0. The average molecular weight is 492 g/mol. The Kier molecular flexibility index (Phi) is 7.32. The van der Waals surface area contributed by atoms with Gasteiger partial charge in [0.25, 0.3) is 5.91 Å². The molecule has 0 unspecified atom stereocenters. The Bertz CT molecular complexity index is 1190. The van der Waals surface area contributed by atoms with Crippen molar-refractivity contribution in [1.29, 1.82) is 0 Å². The van der Waals surface area contributed by atoms with Crippen LogP contribution in [0.15, 0.2) is 52.9 Å². The van der Waals surface area contributed by atoms with Crippen molar-refractivity contribution in [3.63, 3.8) is 0 Å². The first-order valence-electron chi connectivity index (χ1n) is 12.7. The number of nitrogens with two attached hydrogens (primary N) is 1. The van der Waals surface area contributed by atoms with Crippen LogP contribution >= 0.6 is 11.8 Å². The molecule has 3 aromatic rings. The third-order valence-electron chi connectivity index (χ3n) is 7.31. The van der Waals surface area contributed by atoms with Crippen molar-refractivity contribution in [2.24, 2.45) is 11.7 Å². The minimum absolute atomic E-state index is 0.0761. The first-order chi connectivity index (χ1) is 17.1. The van der Waals surface area contributed by atoms with Gasteiger partial charge in [-0.15, -0.1) is 0 Å². The average Bonchev–Trinajstić information content (AvgIpc) is 3.27. The number of hydrogen-bond donors (Lipinski definition) is 2. The van der Waals surface area contributed by atoms with Gasteiger partial charge in [-0.25, -0.2) is 0 Å². The molecule has 3 N–H and O–H groups in total. The van der Waals surface area contributed by atoms with E-state index in [9.17, 15) is 9.59 Å². The number of anilines is 2. The lowest BCUT2D eigenvalue weighted by Crippen LogP contribution is -2.38. The van der Waals surface area contributed by atoms with Crippen LogP contribution in [-0.2, 0) is 10.5 Å². The lowest BCUT2D eigenvalue weighted by atomic mass is 9.96. The second kappa shape index (κ2) is 10.8. The van der Waals surface area contributed by atoms with E-state index in [0.29, 0.717) is 11.0 Å². The fourth-order valence-electron chi connectivity index (χ4n) is 5.30. The summed E-state index contributed by atoms with van der Waals surface area (Å²) in [6.45, 7) is 1.46. The Hall–Kier alpha value is -2.93. The molecule has 1 saturated carbocycles. The van der Waals surface area contributed by atoms with Crippen molar-refractivity contribution in [2.45, 2.75) is 55.9 Å². The van der Waals surface area contributed by atoms with Gasteiger partial charge in [-0.1, -0.05) is 49.6 Å². The lowest BCUT2D eigenvalue weighted by molar-refractivity contribution is -0.122. The molecule has 1 aliphatic heterocycles. The summed E-state index contributed by atoms with van der Waals surface area (Å²) < 4.78 is 6.11. The molecule has 6 nitrogen and oxygen atoms in total. The molecule has 35 heavy (non-hydrogen) atoms. The van der Waals surface area contributed by atoms with Crippen LogP contribution in [0.4, 0.5) is 11.4 Å². The van der Waals surface area contributed by atoms with E-state index in [0.717, 1.165) is 59.6 Å². The van der Waals surface area contributed by atoms with Gasteiger partial charge in [0.05, 0.1) is 11.4 Å². The highest BCUT2D eigenvalue weighted by atomic mass is 32.2. The third kappa shape index (κ3) is 5.35. The molecule has 7 heteroatoms. The Labute approximate surface area is 210 Å². The van der Waals surface area contributed by atoms with E-state index in [1.807, 2.05) is 60.3 Å². The van der Waals surface area contributed by atoms with Crippen LogP contribution < -0.4 is 16.0 Å². The number of rotatable bonds is 7. The molecule has 2 aromatic carbocycles. The summed E-state index contributed by atoms with van der Waals surface area (Å²) in [5.41, 5.74) is 8.94. The van der Waals surface area contributed by atoms with Crippen LogP contribution in [0.5, 0.6) is 0 Å². The van der Waals surface area contributed by atoms with E-state index in [1.54, 1.807) is 0 Å². The summed E-state index contributed by atoms with van der Waals surface area (Å²) in [4.78, 5) is 27.3. The molecule has 5 rings (SSSR count). The Morgan fingerprint density at radius 2 is 1.69 bits per heavy atom. The van der Waals surface area contributed by atoms with Gasteiger partial charge < -0.3 is 20.4 Å². The smallest absolute Gasteiger partial charge is 0.291 e. The zero-order valence-corrected chi connectivity index (χ0v) is 20.8. The van der Waals surface area contributed by atoms with Crippen molar-refractivity contribution >= 4 is 45.9 Å². The number of nitrogens with zero attached hydrogens (tertiary/aromatic N) is 1. The quantitative estimate of drug-likeness (QED) is 0.426. The second-order valence-electron chi connectivity index (χ2n) is 9.61. The Balaban J connectivity index is 1.36. The van der Waals surface area contributed by atoms with Gasteiger partial charge in [-0.3, -0.25) is 9.59 Å². The number of para-hydroxylation sites is 3. The molecule has 1 aliphatic carbocycles.